The fourth-order valence-corrected chi connectivity index (χ4v) is 5.61. The molecule has 20 heavy (non-hydrogen) atoms. The Morgan fingerprint density at radius 3 is 2.30 bits per heavy atom. The van der Waals surface area contributed by atoms with Gasteiger partial charge in [0.2, 0.25) is 0 Å². The topological polar surface area (TPSA) is 60.2 Å². The molecule has 1 saturated carbocycles. The van der Waals surface area contributed by atoms with E-state index < -0.39 is 9.84 Å². The number of aryl methyl sites for hydroxylation is 2. The maximum absolute atomic E-state index is 12.7. The summed E-state index contributed by atoms with van der Waals surface area (Å²) in [7, 11) is -3.11. The first-order chi connectivity index (χ1) is 9.42. The highest BCUT2D eigenvalue weighted by Gasteiger charge is 2.34. The van der Waals surface area contributed by atoms with E-state index in [1.807, 2.05) is 26.0 Å². The summed E-state index contributed by atoms with van der Waals surface area (Å²) in [6, 6.07) is 6.02. The van der Waals surface area contributed by atoms with Crippen molar-refractivity contribution in [3.63, 3.8) is 0 Å². The Hall–Kier alpha value is -0.870. The summed E-state index contributed by atoms with van der Waals surface area (Å²) in [6.45, 7) is 4.50. The third-order valence-electron chi connectivity index (χ3n) is 4.25. The van der Waals surface area contributed by atoms with Gasteiger partial charge in [-0.3, -0.25) is 0 Å². The minimum Gasteiger partial charge on any atom is -0.330 e. The predicted octanol–water partition coefficient (Wildman–Crippen LogP) is 2.74. The molecule has 112 valence electrons. The van der Waals surface area contributed by atoms with E-state index in [1.165, 1.54) is 0 Å². The van der Waals surface area contributed by atoms with Crippen molar-refractivity contribution in [1.29, 1.82) is 0 Å². The molecule has 0 aliphatic heterocycles. The van der Waals surface area contributed by atoms with Gasteiger partial charge in [-0.1, -0.05) is 42.2 Å². The summed E-state index contributed by atoms with van der Waals surface area (Å²) in [4.78, 5) is 0. The summed E-state index contributed by atoms with van der Waals surface area (Å²) in [6.07, 6.45) is 3.84. The Labute approximate surface area is 122 Å². The molecular weight excluding hydrogens is 270 g/mol. The minimum atomic E-state index is -3.11. The average molecular weight is 295 g/mol. The first-order valence-electron chi connectivity index (χ1n) is 7.41. The van der Waals surface area contributed by atoms with E-state index in [0.717, 1.165) is 42.4 Å². The zero-order valence-electron chi connectivity index (χ0n) is 12.4. The Morgan fingerprint density at radius 1 is 1.10 bits per heavy atom. The second-order valence-corrected chi connectivity index (χ2v) is 8.34. The SMILES string of the molecule is Cc1cc(C)cc(CS(=O)(=O)C2CCCCC2CN)c1. The fraction of sp³-hybridized carbons (Fsp3) is 0.625. The standard InChI is InChI=1S/C16H25NO2S/c1-12-7-13(2)9-14(8-12)11-20(18,19)16-6-4-3-5-15(16)10-17/h7-9,15-16H,3-6,10-11,17H2,1-2H3. The maximum Gasteiger partial charge on any atom is 0.157 e. The molecule has 2 unspecified atom stereocenters. The van der Waals surface area contributed by atoms with Gasteiger partial charge in [0, 0.05) is 0 Å². The lowest BCUT2D eigenvalue weighted by molar-refractivity contribution is 0.363. The van der Waals surface area contributed by atoms with Crippen molar-refractivity contribution >= 4 is 9.84 Å². The number of benzene rings is 1. The molecule has 1 fully saturated rings. The molecule has 0 aromatic heterocycles. The van der Waals surface area contributed by atoms with E-state index in [4.69, 9.17) is 5.73 Å². The average Bonchev–Trinajstić information content (AvgIpc) is 2.36. The molecule has 1 aliphatic rings. The molecule has 0 amide bonds. The Balaban J connectivity index is 2.21. The molecule has 2 N–H and O–H groups in total. The molecule has 1 aliphatic carbocycles. The van der Waals surface area contributed by atoms with Crippen LogP contribution in [0.15, 0.2) is 18.2 Å². The molecule has 0 saturated heterocycles. The lowest BCUT2D eigenvalue weighted by Crippen LogP contribution is -2.37. The highest BCUT2D eigenvalue weighted by Crippen LogP contribution is 2.31. The maximum atomic E-state index is 12.7. The largest absolute Gasteiger partial charge is 0.330 e. The predicted molar refractivity (Wildman–Crippen MR) is 83.3 cm³/mol. The van der Waals surface area contributed by atoms with E-state index in [-0.39, 0.29) is 16.9 Å². The number of nitrogens with two attached hydrogens (primary N) is 1. The van der Waals surface area contributed by atoms with Crippen LogP contribution in [0.1, 0.15) is 42.4 Å². The number of sulfone groups is 1. The van der Waals surface area contributed by atoms with Gasteiger partial charge in [-0.25, -0.2) is 8.42 Å². The van der Waals surface area contributed by atoms with Gasteiger partial charge in [0.05, 0.1) is 11.0 Å². The quantitative estimate of drug-likeness (QED) is 0.929. The molecule has 2 atom stereocenters. The Kier molecular flexibility index (Phi) is 4.86. The van der Waals surface area contributed by atoms with Gasteiger partial charge >= 0.3 is 0 Å². The van der Waals surface area contributed by atoms with Gasteiger partial charge in [0.1, 0.15) is 0 Å². The molecular formula is C16H25NO2S. The van der Waals surface area contributed by atoms with Gasteiger partial charge in [0.15, 0.2) is 9.84 Å². The molecule has 0 heterocycles. The number of hydrogen-bond acceptors (Lipinski definition) is 3. The zero-order chi connectivity index (χ0) is 14.8. The van der Waals surface area contributed by atoms with Gasteiger partial charge < -0.3 is 5.73 Å². The molecule has 0 radical (unpaired) electrons. The summed E-state index contributed by atoms with van der Waals surface area (Å²) in [5.74, 6) is 0.288. The number of rotatable bonds is 4. The van der Waals surface area contributed by atoms with Crippen LogP contribution in [0, 0.1) is 19.8 Å². The summed E-state index contributed by atoms with van der Waals surface area (Å²) < 4.78 is 25.4. The van der Waals surface area contributed by atoms with Crippen molar-refractivity contribution in [1.82, 2.24) is 0 Å². The highest BCUT2D eigenvalue weighted by molar-refractivity contribution is 7.91. The monoisotopic (exact) mass is 295 g/mol. The molecule has 4 heteroatoms. The lowest BCUT2D eigenvalue weighted by atomic mass is 9.89. The lowest BCUT2D eigenvalue weighted by Gasteiger charge is -2.30. The van der Waals surface area contributed by atoms with E-state index >= 15 is 0 Å². The zero-order valence-corrected chi connectivity index (χ0v) is 13.2. The molecule has 3 nitrogen and oxygen atoms in total. The molecule has 0 bridgehead atoms. The van der Waals surface area contributed by atoms with E-state index in [1.54, 1.807) is 0 Å². The van der Waals surface area contributed by atoms with Crippen LogP contribution >= 0.6 is 0 Å². The summed E-state index contributed by atoms with van der Waals surface area (Å²) >= 11 is 0. The fourth-order valence-electron chi connectivity index (χ4n) is 3.41. The van der Waals surface area contributed by atoms with Gasteiger partial charge in [-0.2, -0.15) is 0 Å². The van der Waals surface area contributed by atoms with Crippen LogP contribution in [-0.2, 0) is 15.6 Å². The second kappa shape index (κ2) is 6.27. The van der Waals surface area contributed by atoms with Crippen molar-refractivity contribution in [2.24, 2.45) is 11.7 Å². The van der Waals surface area contributed by atoms with Crippen molar-refractivity contribution in [2.75, 3.05) is 6.54 Å². The Bertz CT molecular complexity index is 546. The van der Waals surface area contributed by atoms with Gasteiger partial charge in [-0.15, -0.1) is 0 Å². The smallest absolute Gasteiger partial charge is 0.157 e. The number of hydrogen-bond donors (Lipinski definition) is 1. The van der Waals surface area contributed by atoms with E-state index in [9.17, 15) is 8.42 Å². The van der Waals surface area contributed by atoms with Crippen LogP contribution in [0.5, 0.6) is 0 Å². The van der Waals surface area contributed by atoms with Crippen LogP contribution in [-0.4, -0.2) is 20.2 Å². The summed E-state index contributed by atoms with van der Waals surface area (Å²) in [5.41, 5.74) is 8.91. The normalized spacial score (nSPS) is 23.8. The summed E-state index contributed by atoms with van der Waals surface area (Å²) in [5, 5.41) is -0.248. The minimum absolute atomic E-state index is 0.139. The van der Waals surface area contributed by atoms with Crippen molar-refractivity contribution in [3.05, 3.63) is 34.9 Å². The van der Waals surface area contributed by atoms with Crippen LogP contribution in [0.25, 0.3) is 0 Å². The van der Waals surface area contributed by atoms with Crippen LogP contribution < -0.4 is 5.73 Å². The van der Waals surface area contributed by atoms with Crippen LogP contribution in [0.3, 0.4) is 0 Å². The van der Waals surface area contributed by atoms with E-state index in [0.29, 0.717) is 6.54 Å². The van der Waals surface area contributed by atoms with Crippen molar-refractivity contribution in [2.45, 2.75) is 50.5 Å². The Morgan fingerprint density at radius 2 is 1.70 bits per heavy atom. The van der Waals surface area contributed by atoms with Crippen molar-refractivity contribution < 1.29 is 8.42 Å². The third kappa shape index (κ3) is 3.61. The third-order valence-corrected chi connectivity index (χ3v) is 6.53. The first-order valence-corrected chi connectivity index (χ1v) is 9.13. The van der Waals surface area contributed by atoms with E-state index in [2.05, 4.69) is 6.07 Å². The highest BCUT2D eigenvalue weighted by atomic mass is 32.2. The molecule has 2 rings (SSSR count). The van der Waals surface area contributed by atoms with Crippen LogP contribution in [0.2, 0.25) is 0 Å². The molecule has 0 spiro atoms. The molecule has 1 aromatic carbocycles. The van der Waals surface area contributed by atoms with Gasteiger partial charge in [0.25, 0.3) is 0 Å². The van der Waals surface area contributed by atoms with Crippen molar-refractivity contribution in [3.8, 4) is 0 Å². The first kappa shape index (κ1) is 15.5. The molecule has 1 aromatic rings. The second-order valence-electron chi connectivity index (χ2n) is 6.12. The van der Waals surface area contributed by atoms with Gasteiger partial charge in [-0.05, 0) is 44.7 Å². The van der Waals surface area contributed by atoms with Crippen LogP contribution in [0.4, 0.5) is 0 Å².